The third-order valence-corrected chi connectivity index (χ3v) is 7.96. The Labute approximate surface area is 214 Å². The lowest BCUT2D eigenvalue weighted by molar-refractivity contribution is -0.141. The van der Waals surface area contributed by atoms with Crippen molar-refractivity contribution < 1.29 is 18.0 Å². The molecular weight excluding hydrogens is 474 g/mol. The molecular formula is C28H35N3O4S. The average Bonchev–Trinajstić information content (AvgIpc) is 2.86. The van der Waals surface area contributed by atoms with Crippen LogP contribution in [0.1, 0.15) is 37.8 Å². The predicted octanol–water partition coefficient (Wildman–Crippen LogP) is 4.10. The Morgan fingerprint density at radius 2 is 1.67 bits per heavy atom. The summed E-state index contributed by atoms with van der Waals surface area (Å²) in [6, 6.07) is 19.5. The number of hydrogen-bond acceptors (Lipinski definition) is 4. The fraction of sp³-hybridized carbons (Fsp3) is 0.357. The Morgan fingerprint density at radius 1 is 0.944 bits per heavy atom. The van der Waals surface area contributed by atoms with Crippen molar-refractivity contribution in [3.63, 3.8) is 0 Å². The van der Waals surface area contributed by atoms with Gasteiger partial charge in [0, 0.05) is 20.1 Å². The molecule has 0 aliphatic rings. The number of nitrogens with zero attached hydrogens (tertiary/aromatic N) is 2. The molecule has 0 spiro atoms. The van der Waals surface area contributed by atoms with E-state index in [9.17, 15) is 18.0 Å². The molecule has 7 nitrogen and oxygen atoms in total. The predicted molar refractivity (Wildman–Crippen MR) is 143 cm³/mol. The van der Waals surface area contributed by atoms with E-state index in [0.717, 1.165) is 32.6 Å². The summed E-state index contributed by atoms with van der Waals surface area (Å²) in [6.07, 6.45) is 1.19. The number of fused-ring (bicyclic) bond motifs is 1. The van der Waals surface area contributed by atoms with E-state index in [4.69, 9.17) is 0 Å². The number of amides is 2. The molecule has 3 rings (SSSR count). The SMILES string of the molecule is CCCNC(=O)[C@@H](CC)N(Cc1cccc(C)c1)C(=O)CN(C)S(=O)(=O)c1ccc2ccccc2c1. The van der Waals surface area contributed by atoms with E-state index in [1.54, 1.807) is 18.2 Å². The van der Waals surface area contributed by atoms with Crippen LogP contribution in [0, 0.1) is 6.92 Å². The molecule has 0 aromatic heterocycles. The number of rotatable bonds is 11. The second-order valence-corrected chi connectivity index (χ2v) is 11.0. The van der Waals surface area contributed by atoms with E-state index in [2.05, 4.69) is 5.32 Å². The van der Waals surface area contributed by atoms with Crippen LogP contribution in [0.5, 0.6) is 0 Å². The molecule has 0 saturated carbocycles. The van der Waals surface area contributed by atoms with Crippen molar-refractivity contribution in [2.75, 3.05) is 20.1 Å². The molecule has 1 atom stereocenters. The van der Waals surface area contributed by atoms with Gasteiger partial charge in [-0.1, -0.05) is 74.0 Å². The third kappa shape index (κ3) is 6.50. The highest BCUT2D eigenvalue weighted by molar-refractivity contribution is 7.89. The van der Waals surface area contributed by atoms with Crippen molar-refractivity contribution in [2.45, 2.75) is 51.1 Å². The molecule has 36 heavy (non-hydrogen) atoms. The minimum absolute atomic E-state index is 0.120. The van der Waals surface area contributed by atoms with Crippen LogP contribution in [-0.2, 0) is 26.2 Å². The van der Waals surface area contributed by atoms with Gasteiger partial charge in [0.25, 0.3) is 0 Å². The lowest BCUT2D eigenvalue weighted by atomic mass is 10.1. The fourth-order valence-electron chi connectivity index (χ4n) is 4.17. The summed E-state index contributed by atoms with van der Waals surface area (Å²) >= 11 is 0. The molecule has 0 aliphatic carbocycles. The van der Waals surface area contributed by atoms with Gasteiger partial charge in [-0.05, 0) is 48.2 Å². The normalized spacial score (nSPS) is 12.5. The zero-order valence-corrected chi connectivity index (χ0v) is 22.2. The topological polar surface area (TPSA) is 86.8 Å². The standard InChI is InChI=1S/C28H35N3O4S/c1-5-16-29-28(33)26(6-2)31(19-22-11-9-10-21(3)17-22)27(32)20-30(4)36(34,35)25-15-14-23-12-7-8-13-24(23)18-25/h7-15,17-18,26H,5-6,16,19-20H2,1-4H3,(H,29,33)/t26-/m1/s1. The van der Waals surface area contributed by atoms with E-state index < -0.39 is 22.0 Å². The van der Waals surface area contributed by atoms with Crippen LogP contribution in [-0.4, -0.2) is 55.6 Å². The molecule has 0 heterocycles. The van der Waals surface area contributed by atoms with E-state index in [1.807, 2.05) is 69.3 Å². The molecule has 0 radical (unpaired) electrons. The van der Waals surface area contributed by atoms with Crippen LogP contribution in [0.4, 0.5) is 0 Å². The highest BCUT2D eigenvalue weighted by Crippen LogP contribution is 2.22. The number of aryl methyl sites for hydroxylation is 1. The summed E-state index contributed by atoms with van der Waals surface area (Å²) in [5.74, 6) is -0.665. The van der Waals surface area contributed by atoms with E-state index in [0.29, 0.717) is 13.0 Å². The van der Waals surface area contributed by atoms with Gasteiger partial charge in [0.15, 0.2) is 0 Å². The van der Waals surface area contributed by atoms with Crippen molar-refractivity contribution >= 4 is 32.6 Å². The summed E-state index contributed by atoms with van der Waals surface area (Å²) in [7, 11) is -2.53. The monoisotopic (exact) mass is 509 g/mol. The number of carbonyl (C=O) groups is 2. The Balaban J connectivity index is 1.87. The number of likely N-dealkylation sites (N-methyl/N-ethyl adjacent to an activating group) is 1. The quantitative estimate of drug-likeness (QED) is 0.422. The molecule has 3 aromatic rings. The maximum Gasteiger partial charge on any atom is 0.243 e. The molecule has 0 aliphatic heterocycles. The molecule has 0 saturated heterocycles. The number of benzene rings is 3. The average molecular weight is 510 g/mol. The minimum atomic E-state index is -3.92. The first-order valence-electron chi connectivity index (χ1n) is 12.2. The van der Waals surface area contributed by atoms with Gasteiger partial charge < -0.3 is 10.2 Å². The van der Waals surface area contributed by atoms with Gasteiger partial charge in [0.05, 0.1) is 11.4 Å². The van der Waals surface area contributed by atoms with Crippen molar-refractivity contribution in [3.8, 4) is 0 Å². The number of sulfonamides is 1. The van der Waals surface area contributed by atoms with Crippen LogP contribution < -0.4 is 5.32 Å². The summed E-state index contributed by atoms with van der Waals surface area (Å²) in [5.41, 5.74) is 1.92. The first-order valence-corrected chi connectivity index (χ1v) is 13.7. The number of carbonyl (C=O) groups excluding carboxylic acids is 2. The zero-order chi connectivity index (χ0) is 26.3. The van der Waals surface area contributed by atoms with Crippen LogP contribution in [0.25, 0.3) is 10.8 Å². The van der Waals surface area contributed by atoms with Gasteiger partial charge in [-0.3, -0.25) is 9.59 Å². The number of nitrogens with one attached hydrogen (secondary N) is 1. The van der Waals surface area contributed by atoms with Gasteiger partial charge in [-0.15, -0.1) is 0 Å². The first kappa shape index (κ1) is 27.4. The summed E-state index contributed by atoms with van der Waals surface area (Å²) < 4.78 is 27.7. The van der Waals surface area contributed by atoms with Crippen LogP contribution in [0.2, 0.25) is 0 Å². The van der Waals surface area contributed by atoms with Crippen molar-refractivity contribution in [2.24, 2.45) is 0 Å². The Bertz CT molecular complexity index is 1320. The summed E-state index contributed by atoms with van der Waals surface area (Å²) in [6.45, 7) is 6.12. The molecule has 192 valence electrons. The lowest BCUT2D eigenvalue weighted by Crippen LogP contribution is -2.51. The van der Waals surface area contributed by atoms with Crippen LogP contribution >= 0.6 is 0 Å². The Hall–Kier alpha value is -3.23. The van der Waals surface area contributed by atoms with Gasteiger partial charge in [-0.2, -0.15) is 4.31 Å². The fourth-order valence-corrected chi connectivity index (χ4v) is 5.32. The van der Waals surface area contributed by atoms with Gasteiger partial charge in [0.2, 0.25) is 21.8 Å². The minimum Gasteiger partial charge on any atom is -0.354 e. The first-order chi connectivity index (χ1) is 17.2. The van der Waals surface area contributed by atoms with Crippen molar-refractivity contribution in [1.82, 2.24) is 14.5 Å². The largest absolute Gasteiger partial charge is 0.354 e. The third-order valence-electron chi connectivity index (χ3n) is 6.16. The second kappa shape index (κ2) is 12.1. The highest BCUT2D eigenvalue weighted by atomic mass is 32.2. The summed E-state index contributed by atoms with van der Waals surface area (Å²) in [5, 5.41) is 4.62. The van der Waals surface area contributed by atoms with Crippen LogP contribution in [0.3, 0.4) is 0 Å². The second-order valence-electron chi connectivity index (χ2n) is 9.00. The maximum absolute atomic E-state index is 13.6. The number of hydrogen-bond donors (Lipinski definition) is 1. The Morgan fingerprint density at radius 3 is 2.33 bits per heavy atom. The van der Waals surface area contributed by atoms with Gasteiger partial charge in [-0.25, -0.2) is 8.42 Å². The van der Waals surface area contributed by atoms with E-state index in [-0.39, 0.29) is 23.9 Å². The van der Waals surface area contributed by atoms with Crippen LogP contribution in [0.15, 0.2) is 71.6 Å². The molecule has 1 N–H and O–H groups in total. The molecule has 3 aromatic carbocycles. The van der Waals surface area contributed by atoms with Gasteiger partial charge in [0.1, 0.15) is 6.04 Å². The van der Waals surface area contributed by atoms with E-state index in [1.165, 1.54) is 11.9 Å². The molecule has 0 fully saturated rings. The molecule has 0 unspecified atom stereocenters. The van der Waals surface area contributed by atoms with Crippen molar-refractivity contribution in [1.29, 1.82) is 0 Å². The van der Waals surface area contributed by atoms with Crippen molar-refractivity contribution in [3.05, 3.63) is 77.9 Å². The summed E-state index contributed by atoms with van der Waals surface area (Å²) in [4.78, 5) is 28.1. The highest BCUT2D eigenvalue weighted by Gasteiger charge is 2.31. The molecule has 0 bridgehead atoms. The maximum atomic E-state index is 13.6. The zero-order valence-electron chi connectivity index (χ0n) is 21.4. The molecule has 8 heteroatoms. The molecule has 2 amide bonds. The van der Waals surface area contributed by atoms with Gasteiger partial charge >= 0.3 is 0 Å². The smallest absolute Gasteiger partial charge is 0.243 e. The van der Waals surface area contributed by atoms with E-state index >= 15 is 0 Å². The Kier molecular flexibility index (Phi) is 9.23. The lowest BCUT2D eigenvalue weighted by Gasteiger charge is -2.32.